The Hall–Kier alpha value is -1.97. The van der Waals surface area contributed by atoms with Crippen molar-refractivity contribution >= 4 is 5.69 Å². The highest BCUT2D eigenvalue weighted by Crippen LogP contribution is 2.24. The molecular formula is C16H23N3O. The molecule has 0 amide bonds. The lowest BCUT2D eigenvalue weighted by atomic mass is 10.2. The van der Waals surface area contributed by atoms with E-state index in [9.17, 15) is 0 Å². The lowest BCUT2D eigenvalue weighted by Gasteiger charge is -2.14. The van der Waals surface area contributed by atoms with Crippen molar-refractivity contribution in [2.24, 2.45) is 5.92 Å². The summed E-state index contributed by atoms with van der Waals surface area (Å²) in [6.07, 6.45) is 1.84. The van der Waals surface area contributed by atoms with Crippen LogP contribution in [0.1, 0.15) is 26.5 Å². The molecule has 0 bridgehead atoms. The van der Waals surface area contributed by atoms with Crippen molar-refractivity contribution in [1.29, 1.82) is 0 Å². The number of aryl methyl sites for hydroxylation is 1. The standard InChI is InChI=1S/C16H23N3O/c1-4-19-14(9-10-18-19)11-17-15-7-5-6-8-16(15)20-12-13(2)3/h5-10,13,17H,4,11-12H2,1-3H3. The van der Waals surface area contributed by atoms with Crippen LogP contribution in [0.15, 0.2) is 36.5 Å². The van der Waals surface area contributed by atoms with Crippen LogP contribution in [0, 0.1) is 5.92 Å². The van der Waals surface area contributed by atoms with Gasteiger partial charge in [0.05, 0.1) is 24.5 Å². The predicted molar refractivity (Wildman–Crippen MR) is 82.0 cm³/mol. The summed E-state index contributed by atoms with van der Waals surface area (Å²) in [4.78, 5) is 0. The molecule has 2 aromatic rings. The van der Waals surface area contributed by atoms with Gasteiger partial charge in [-0.15, -0.1) is 0 Å². The Morgan fingerprint density at radius 1 is 1.25 bits per heavy atom. The van der Waals surface area contributed by atoms with Crippen LogP contribution in [-0.4, -0.2) is 16.4 Å². The molecule has 1 heterocycles. The Morgan fingerprint density at radius 2 is 2.05 bits per heavy atom. The second-order valence-corrected chi connectivity index (χ2v) is 5.19. The molecular weight excluding hydrogens is 250 g/mol. The van der Waals surface area contributed by atoms with E-state index >= 15 is 0 Å². The zero-order chi connectivity index (χ0) is 14.4. The SMILES string of the molecule is CCn1nccc1CNc1ccccc1OCC(C)C. The van der Waals surface area contributed by atoms with Gasteiger partial charge < -0.3 is 10.1 Å². The summed E-state index contributed by atoms with van der Waals surface area (Å²) in [6, 6.07) is 10.1. The van der Waals surface area contributed by atoms with Gasteiger partial charge in [-0.2, -0.15) is 5.10 Å². The second kappa shape index (κ2) is 6.98. The maximum atomic E-state index is 5.84. The molecule has 0 fully saturated rings. The first kappa shape index (κ1) is 14.4. The number of anilines is 1. The van der Waals surface area contributed by atoms with Crippen LogP contribution in [-0.2, 0) is 13.1 Å². The van der Waals surface area contributed by atoms with Gasteiger partial charge in [-0.3, -0.25) is 4.68 Å². The summed E-state index contributed by atoms with van der Waals surface area (Å²) in [5.41, 5.74) is 2.20. The first-order valence-electron chi connectivity index (χ1n) is 7.17. The third-order valence-electron chi connectivity index (χ3n) is 3.02. The fraction of sp³-hybridized carbons (Fsp3) is 0.438. The number of hydrogen-bond acceptors (Lipinski definition) is 3. The molecule has 4 heteroatoms. The first-order valence-corrected chi connectivity index (χ1v) is 7.17. The number of benzene rings is 1. The molecule has 0 spiro atoms. The van der Waals surface area contributed by atoms with E-state index in [1.165, 1.54) is 5.69 Å². The van der Waals surface area contributed by atoms with Gasteiger partial charge in [-0.1, -0.05) is 26.0 Å². The van der Waals surface area contributed by atoms with E-state index in [0.717, 1.165) is 31.1 Å². The molecule has 108 valence electrons. The van der Waals surface area contributed by atoms with Crippen molar-refractivity contribution in [3.63, 3.8) is 0 Å². The van der Waals surface area contributed by atoms with Gasteiger partial charge in [0.1, 0.15) is 5.75 Å². The Balaban J connectivity index is 2.02. The van der Waals surface area contributed by atoms with Gasteiger partial charge in [-0.25, -0.2) is 0 Å². The average molecular weight is 273 g/mol. The Bertz CT molecular complexity index is 534. The van der Waals surface area contributed by atoms with Crippen LogP contribution >= 0.6 is 0 Å². The highest BCUT2D eigenvalue weighted by Gasteiger charge is 2.05. The number of nitrogens with zero attached hydrogens (tertiary/aromatic N) is 2. The van der Waals surface area contributed by atoms with Crippen molar-refractivity contribution in [1.82, 2.24) is 9.78 Å². The Labute approximate surface area is 120 Å². The molecule has 0 aliphatic heterocycles. The summed E-state index contributed by atoms with van der Waals surface area (Å²) in [5, 5.41) is 7.70. The van der Waals surface area contributed by atoms with Gasteiger partial charge in [-0.05, 0) is 31.0 Å². The molecule has 1 aromatic carbocycles. The molecule has 0 aliphatic rings. The minimum absolute atomic E-state index is 0.518. The monoisotopic (exact) mass is 273 g/mol. The summed E-state index contributed by atoms with van der Waals surface area (Å²) < 4.78 is 7.83. The molecule has 0 saturated heterocycles. The van der Waals surface area contributed by atoms with Crippen molar-refractivity contribution in [3.8, 4) is 5.75 Å². The Morgan fingerprint density at radius 3 is 2.80 bits per heavy atom. The van der Waals surface area contributed by atoms with Gasteiger partial charge in [0.25, 0.3) is 0 Å². The topological polar surface area (TPSA) is 39.1 Å². The quantitative estimate of drug-likeness (QED) is 0.838. The third kappa shape index (κ3) is 3.76. The number of rotatable bonds is 7. The fourth-order valence-electron chi connectivity index (χ4n) is 1.98. The first-order chi connectivity index (χ1) is 9.70. The molecule has 0 atom stereocenters. The normalized spacial score (nSPS) is 10.8. The third-order valence-corrected chi connectivity index (χ3v) is 3.02. The lowest BCUT2D eigenvalue weighted by molar-refractivity contribution is 0.272. The molecule has 0 radical (unpaired) electrons. The number of hydrogen-bond donors (Lipinski definition) is 1. The molecule has 1 N–H and O–H groups in total. The van der Waals surface area contributed by atoms with Gasteiger partial charge >= 0.3 is 0 Å². The lowest BCUT2D eigenvalue weighted by Crippen LogP contribution is -2.10. The van der Waals surface area contributed by atoms with E-state index in [2.05, 4.69) is 31.2 Å². The van der Waals surface area contributed by atoms with Crippen LogP contribution < -0.4 is 10.1 Å². The van der Waals surface area contributed by atoms with Gasteiger partial charge in [0.2, 0.25) is 0 Å². The average Bonchev–Trinajstić information content (AvgIpc) is 2.91. The summed E-state index contributed by atoms with van der Waals surface area (Å²) in [6.45, 7) is 8.75. The molecule has 0 saturated carbocycles. The van der Waals surface area contributed by atoms with Crippen LogP contribution in [0.5, 0.6) is 5.75 Å². The largest absolute Gasteiger partial charge is 0.491 e. The fourth-order valence-corrected chi connectivity index (χ4v) is 1.98. The van der Waals surface area contributed by atoms with Crippen molar-refractivity contribution in [2.45, 2.75) is 33.9 Å². The van der Waals surface area contributed by atoms with E-state index in [0.29, 0.717) is 5.92 Å². The van der Waals surface area contributed by atoms with Gasteiger partial charge in [0, 0.05) is 12.7 Å². The molecule has 1 aromatic heterocycles. The molecule has 2 rings (SSSR count). The zero-order valence-electron chi connectivity index (χ0n) is 12.5. The van der Waals surface area contributed by atoms with Crippen molar-refractivity contribution < 1.29 is 4.74 Å². The van der Waals surface area contributed by atoms with E-state index in [1.54, 1.807) is 0 Å². The zero-order valence-corrected chi connectivity index (χ0v) is 12.5. The maximum absolute atomic E-state index is 5.84. The molecule has 4 nitrogen and oxygen atoms in total. The maximum Gasteiger partial charge on any atom is 0.142 e. The minimum Gasteiger partial charge on any atom is -0.491 e. The van der Waals surface area contributed by atoms with Crippen LogP contribution in [0.3, 0.4) is 0 Å². The van der Waals surface area contributed by atoms with E-state index in [-0.39, 0.29) is 0 Å². The minimum atomic E-state index is 0.518. The molecule has 0 aliphatic carbocycles. The van der Waals surface area contributed by atoms with Crippen LogP contribution in [0.4, 0.5) is 5.69 Å². The number of nitrogens with one attached hydrogen (secondary N) is 1. The van der Waals surface area contributed by atoms with Crippen molar-refractivity contribution in [2.75, 3.05) is 11.9 Å². The number of para-hydroxylation sites is 2. The number of aromatic nitrogens is 2. The van der Waals surface area contributed by atoms with E-state index < -0.39 is 0 Å². The predicted octanol–water partition coefficient (Wildman–Crippen LogP) is 3.55. The van der Waals surface area contributed by atoms with Crippen LogP contribution in [0.25, 0.3) is 0 Å². The summed E-state index contributed by atoms with van der Waals surface area (Å²) in [7, 11) is 0. The smallest absolute Gasteiger partial charge is 0.142 e. The van der Waals surface area contributed by atoms with E-state index in [4.69, 9.17) is 4.74 Å². The molecule has 20 heavy (non-hydrogen) atoms. The van der Waals surface area contributed by atoms with Gasteiger partial charge in [0.15, 0.2) is 0 Å². The van der Waals surface area contributed by atoms with E-state index in [1.807, 2.05) is 41.2 Å². The summed E-state index contributed by atoms with van der Waals surface area (Å²) >= 11 is 0. The molecule has 0 unspecified atom stereocenters. The highest BCUT2D eigenvalue weighted by atomic mass is 16.5. The highest BCUT2D eigenvalue weighted by molar-refractivity contribution is 5.56. The summed E-state index contributed by atoms with van der Waals surface area (Å²) in [5.74, 6) is 1.42. The van der Waals surface area contributed by atoms with Crippen LogP contribution in [0.2, 0.25) is 0 Å². The number of ether oxygens (including phenoxy) is 1. The Kier molecular flexibility index (Phi) is 5.04. The second-order valence-electron chi connectivity index (χ2n) is 5.19. The van der Waals surface area contributed by atoms with Crippen molar-refractivity contribution in [3.05, 3.63) is 42.2 Å².